The third-order valence-corrected chi connectivity index (χ3v) is 13.0. The summed E-state index contributed by atoms with van der Waals surface area (Å²) in [4.78, 5) is 27.0. The molecule has 0 radical (unpaired) electrons. The lowest BCUT2D eigenvalue weighted by atomic mass is 9.81. The number of hydrogen-bond donors (Lipinski definition) is 6. The minimum Gasteiger partial charge on any atom is -0.481 e. The van der Waals surface area contributed by atoms with Crippen molar-refractivity contribution in [3.05, 3.63) is 0 Å². The molecule has 0 unspecified atom stereocenters. The quantitative estimate of drug-likeness (QED) is 0.188. The summed E-state index contributed by atoms with van der Waals surface area (Å²) in [7, 11) is 0. The molecule has 3 saturated heterocycles. The zero-order chi connectivity index (χ0) is 34.4. The van der Waals surface area contributed by atoms with E-state index in [1.54, 1.807) is 0 Å². The van der Waals surface area contributed by atoms with E-state index in [9.17, 15) is 0 Å². The van der Waals surface area contributed by atoms with Gasteiger partial charge in [0.2, 0.25) is 0 Å². The van der Waals surface area contributed by atoms with Crippen LogP contribution in [-0.4, -0.2) is 80.6 Å². The lowest BCUT2D eigenvalue weighted by Gasteiger charge is -2.56. The molecule has 0 aromatic heterocycles. The maximum atomic E-state index is 9.00. The molecule has 3 heterocycles. The molecule has 0 amide bonds. The Morgan fingerprint density at radius 3 is 0.674 bits per heavy atom. The molecule has 10 heteroatoms. The van der Waals surface area contributed by atoms with Crippen LogP contribution in [0.5, 0.6) is 0 Å². The van der Waals surface area contributed by atoms with Crippen LogP contribution in [0.25, 0.3) is 0 Å². The SMILES string of the molecule is CC(=O)O.CC(=O)O.CC(=O)O.CC1(C)C[CH]([Al]([CH]2CC(C)(C)NC(C)(C)C2)[CH]2CC(C)(C)NC(C)(C)C2)CC(C)(C)N1. The van der Waals surface area contributed by atoms with Crippen molar-refractivity contribution in [2.75, 3.05) is 0 Å². The van der Waals surface area contributed by atoms with Gasteiger partial charge in [-0.2, -0.15) is 0 Å². The first-order valence-corrected chi connectivity index (χ1v) is 17.9. The molecule has 3 aliphatic heterocycles. The van der Waals surface area contributed by atoms with Crippen LogP contribution in [-0.2, 0) is 14.4 Å². The molecule has 0 aromatic carbocycles. The predicted molar refractivity (Wildman–Crippen MR) is 179 cm³/mol. The van der Waals surface area contributed by atoms with Crippen molar-refractivity contribution in [2.24, 2.45) is 0 Å². The topological polar surface area (TPSA) is 148 Å². The van der Waals surface area contributed by atoms with E-state index in [4.69, 9.17) is 29.7 Å². The van der Waals surface area contributed by atoms with E-state index in [2.05, 4.69) is 99.0 Å². The Balaban J connectivity index is 0.00000125. The van der Waals surface area contributed by atoms with Gasteiger partial charge in [-0.3, -0.25) is 14.4 Å². The molecule has 0 saturated carbocycles. The number of nitrogens with one attached hydrogen (secondary N) is 3. The maximum absolute atomic E-state index is 9.00. The van der Waals surface area contributed by atoms with Crippen molar-refractivity contribution in [1.29, 1.82) is 0 Å². The van der Waals surface area contributed by atoms with Crippen molar-refractivity contribution >= 4 is 32.1 Å². The van der Waals surface area contributed by atoms with Crippen molar-refractivity contribution < 1.29 is 29.7 Å². The number of piperidine rings is 3. The Labute approximate surface area is 267 Å². The first-order valence-electron chi connectivity index (χ1n) is 15.9. The van der Waals surface area contributed by atoms with Crippen molar-refractivity contribution in [3.8, 4) is 0 Å². The largest absolute Gasteiger partial charge is 0.481 e. The minimum absolute atomic E-state index is 0.244. The second kappa shape index (κ2) is 15.4. The van der Waals surface area contributed by atoms with Crippen LogP contribution in [0.3, 0.4) is 0 Å². The fraction of sp³-hybridized carbons (Fsp3) is 0.909. The number of rotatable bonds is 3. The van der Waals surface area contributed by atoms with Gasteiger partial charge in [0, 0.05) is 54.0 Å². The molecular formula is C33H66AlN3O6. The van der Waals surface area contributed by atoms with Crippen LogP contribution in [0.2, 0.25) is 14.3 Å². The number of aliphatic carboxylic acids is 3. The first kappa shape index (κ1) is 41.8. The normalized spacial score (nSPS) is 25.2. The number of carboxylic acid groups (broad SMARTS) is 3. The highest BCUT2D eigenvalue weighted by molar-refractivity contribution is 6.64. The highest BCUT2D eigenvalue weighted by atomic mass is 27.2. The van der Waals surface area contributed by atoms with Gasteiger partial charge in [-0.25, -0.2) is 0 Å². The zero-order valence-corrected chi connectivity index (χ0v) is 31.3. The van der Waals surface area contributed by atoms with Crippen LogP contribution < -0.4 is 16.0 Å². The van der Waals surface area contributed by atoms with E-state index in [1.807, 2.05) is 0 Å². The Kier molecular flexibility index (Phi) is 15.0. The average molecular weight is 628 g/mol. The second-order valence-electron chi connectivity index (χ2n) is 17.3. The smallest absolute Gasteiger partial charge is 0.300 e. The number of hydrogen-bond acceptors (Lipinski definition) is 6. The highest BCUT2D eigenvalue weighted by Gasteiger charge is 2.54. The van der Waals surface area contributed by atoms with Gasteiger partial charge in [-0.05, 0) is 122 Å². The zero-order valence-electron chi connectivity index (χ0n) is 30.1. The molecule has 3 aliphatic rings. The van der Waals surface area contributed by atoms with Crippen molar-refractivity contribution in [2.45, 2.75) is 190 Å². The molecule has 0 bridgehead atoms. The first-order chi connectivity index (χ1) is 18.9. The van der Waals surface area contributed by atoms with E-state index in [0.717, 1.165) is 35.1 Å². The summed E-state index contributed by atoms with van der Waals surface area (Å²) >= 11 is -1.09. The molecule has 9 nitrogen and oxygen atoms in total. The van der Waals surface area contributed by atoms with Gasteiger partial charge in [-0.1, -0.05) is 14.3 Å². The number of carboxylic acids is 3. The fourth-order valence-electron chi connectivity index (χ4n) is 9.17. The van der Waals surface area contributed by atoms with Crippen molar-refractivity contribution in [1.82, 2.24) is 16.0 Å². The lowest BCUT2D eigenvalue weighted by Crippen LogP contribution is -2.64. The van der Waals surface area contributed by atoms with Crippen LogP contribution in [0, 0.1) is 0 Å². The Hall–Kier alpha value is -1.18. The molecular weight excluding hydrogens is 561 g/mol. The molecule has 6 N–H and O–H groups in total. The maximum Gasteiger partial charge on any atom is 0.300 e. The Morgan fingerprint density at radius 1 is 0.442 bits per heavy atom. The standard InChI is InChI=1S/3C9H18N.3C2H4O2.Al/c3*1-8(2)6-5-7-9(3,4)10-8;3*1-2(3)4;/h3*5,10H,6-7H2,1-4H3;3*1H3,(H,3,4);. The fourth-order valence-corrected chi connectivity index (χ4v) is 16.7. The minimum atomic E-state index is -1.09. The Morgan fingerprint density at radius 2 is 0.558 bits per heavy atom. The van der Waals surface area contributed by atoms with Gasteiger partial charge >= 0.3 is 0 Å². The molecule has 43 heavy (non-hydrogen) atoms. The highest BCUT2D eigenvalue weighted by Crippen LogP contribution is 2.54. The molecule has 0 aliphatic carbocycles. The van der Waals surface area contributed by atoms with E-state index >= 15 is 0 Å². The van der Waals surface area contributed by atoms with Gasteiger partial charge < -0.3 is 31.3 Å². The lowest BCUT2D eigenvalue weighted by molar-refractivity contribution is -0.135. The summed E-state index contributed by atoms with van der Waals surface area (Å²) in [6.07, 6.45) is 8.18. The van der Waals surface area contributed by atoms with E-state index in [0.29, 0.717) is 0 Å². The van der Waals surface area contributed by atoms with Crippen LogP contribution in [0.4, 0.5) is 0 Å². The average Bonchev–Trinajstić information content (AvgIpc) is 2.58. The third kappa shape index (κ3) is 17.8. The Bertz CT molecular complexity index is 766. The summed E-state index contributed by atoms with van der Waals surface area (Å²) in [6.45, 7) is 32.7. The molecule has 3 rings (SSSR count). The van der Waals surface area contributed by atoms with Crippen molar-refractivity contribution in [3.63, 3.8) is 0 Å². The second-order valence-corrected chi connectivity index (χ2v) is 21.3. The summed E-state index contributed by atoms with van der Waals surface area (Å²) in [5.41, 5.74) is 1.46. The van der Waals surface area contributed by atoms with Gasteiger partial charge in [0.15, 0.2) is 0 Å². The van der Waals surface area contributed by atoms with Crippen LogP contribution in [0.1, 0.15) is 142 Å². The third-order valence-electron chi connectivity index (χ3n) is 8.30. The molecule has 0 aromatic rings. The van der Waals surface area contributed by atoms with Gasteiger partial charge in [0.1, 0.15) is 0 Å². The van der Waals surface area contributed by atoms with Gasteiger partial charge in [-0.15, -0.1) is 0 Å². The summed E-state index contributed by atoms with van der Waals surface area (Å²) in [6, 6.07) is 0. The summed E-state index contributed by atoms with van der Waals surface area (Å²) < 4.78 is 2.78. The predicted octanol–water partition coefficient (Wildman–Crippen LogP) is 6.69. The van der Waals surface area contributed by atoms with E-state index in [-0.39, 0.29) is 33.2 Å². The molecule has 3 fully saturated rings. The van der Waals surface area contributed by atoms with Crippen LogP contribution >= 0.6 is 0 Å². The van der Waals surface area contributed by atoms with Gasteiger partial charge in [0.05, 0.1) is 0 Å². The van der Waals surface area contributed by atoms with E-state index in [1.165, 1.54) is 38.5 Å². The number of carbonyl (C=O) groups is 3. The molecule has 0 atom stereocenters. The molecule has 252 valence electrons. The molecule has 0 spiro atoms. The summed E-state index contributed by atoms with van der Waals surface area (Å²) in [5.74, 6) is -2.50. The summed E-state index contributed by atoms with van der Waals surface area (Å²) in [5, 5.41) is 34.2. The monoisotopic (exact) mass is 627 g/mol. The van der Waals surface area contributed by atoms with Gasteiger partial charge in [0.25, 0.3) is 32.1 Å². The van der Waals surface area contributed by atoms with Crippen LogP contribution in [0.15, 0.2) is 0 Å². The van der Waals surface area contributed by atoms with E-state index < -0.39 is 32.1 Å².